The van der Waals surface area contributed by atoms with Crippen molar-refractivity contribution >= 4 is 10.0 Å². The van der Waals surface area contributed by atoms with Crippen LogP contribution in [0.1, 0.15) is 29.7 Å². The van der Waals surface area contributed by atoms with Crippen molar-refractivity contribution in [1.29, 1.82) is 0 Å². The van der Waals surface area contributed by atoms with E-state index in [1.165, 1.54) is 0 Å². The van der Waals surface area contributed by atoms with Crippen molar-refractivity contribution in [3.05, 3.63) is 65.5 Å². The molecule has 4 nitrogen and oxygen atoms in total. The summed E-state index contributed by atoms with van der Waals surface area (Å²) in [6, 6.07) is 13.7. The highest BCUT2D eigenvalue weighted by Crippen LogP contribution is 2.25. The van der Waals surface area contributed by atoms with E-state index in [-0.39, 0.29) is 11.7 Å². The lowest BCUT2D eigenvalue weighted by atomic mass is 9.92. The third-order valence-electron chi connectivity index (χ3n) is 3.50. The highest BCUT2D eigenvalue weighted by molar-refractivity contribution is 7.89. The first-order valence-electron chi connectivity index (χ1n) is 6.97. The topological polar surface area (TPSA) is 59.1 Å². The van der Waals surface area contributed by atoms with Crippen LogP contribution in [0.15, 0.2) is 48.7 Å². The number of rotatable bonds is 6. The second-order valence-corrected chi connectivity index (χ2v) is 7.01. The largest absolute Gasteiger partial charge is 0.261 e. The molecule has 1 unspecified atom stereocenters. The van der Waals surface area contributed by atoms with Crippen LogP contribution in [-0.4, -0.2) is 25.7 Å². The maximum absolute atomic E-state index is 11.7. The molecular weight excluding hydrogens is 284 g/mol. The minimum Gasteiger partial charge on any atom is -0.261 e. The Balaban J connectivity index is 2.34. The van der Waals surface area contributed by atoms with Gasteiger partial charge in [-0.25, -0.2) is 13.1 Å². The average molecular weight is 304 g/mol. The first-order chi connectivity index (χ1) is 10.0. The van der Waals surface area contributed by atoms with E-state index in [9.17, 15) is 8.42 Å². The van der Waals surface area contributed by atoms with E-state index in [1.54, 1.807) is 13.1 Å². The molecule has 1 aromatic carbocycles. The quantitative estimate of drug-likeness (QED) is 0.892. The highest BCUT2D eigenvalue weighted by Gasteiger charge is 2.19. The monoisotopic (exact) mass is 304 g/mol. The smallest absolute Gasteiger partial charge is 0.211 e. The van der Waals surface area contributed by atoms with Gasteiger partial charge in [-0.15, -0.1) is 0 Å². The van der Waals surface area contributed by atoms with Crippen LogP contribution in [0.2, 0.25) is 0 Å². The van der Waals surface area contributed by atoms with Gasteiger partial charge >= 0.3 is 0 Å². The number of aromatic nitrogens is 1. The first kappa shape index (κ1) is 15.7. The van der Waals surface area contributed by atoms with Gasteiger partial charge in [-0.2, -0.15) is 0 Å². The number of hydrogen-bond acceptors (Lipinski definition) is 3. The van der Waals surface area contributed by atoms with Crippen molar-refractivity contribution in [2.24, 2.45) is 0 Å². The van der Waals surface area contributed by atoms with Crippen molar-refractivity contribution < 1.29 is 8.42 Å². The molecule has 0 aliphatic rings. The van der Waals surface area contributed by atoms with E-state index < -0.39 is 10.0 Å². The number of hydrogen-bond donors (Lipinski definition) is 1. The van der Waals surface area contributed by atoms with Crippen LogP contribution < -0.4 is 4.72 Å². The Labute approximate surface area is 126 Å². The molecule has 0 amide bonds. The van der Waals surface area contributed by atoms with Crippen LogP contribution in [0.4, 0.5) is 0 Å². The Kier molecular flexibility index (Phi) is 5.09. The molecular formula is C16H20N2O2S. The first-order valence-corrected chi connectivity index (χ1v) is 8.62. The van der Waals surface area contributed by atoms with Gasteiger partial charge in [0.05, 0.1) is 5.75 Å². The molecule has 1 N–H and O–H groups in total. The summed E-state index contributed by atoms with van der Waals surface area (Å²) in [4.78, 5) is 4.39. The molecule has 1 aromatic heterocycles. The minimum absolute atomic E-state index is 0.0791. The third-order valence-corrected chi connectivity index (χ3v) is 4.86. The predicted molar refractivity (Wildman–Crippen MR) is 84.7 cm³/mol. The number of sulfonamides is 1. The fourth-order valence-corrected chi connectivity index (χ4v) is 2.87. The molecule has 0 saturated heterocycles. The maximum Gasteiger partial charge on any atom is 0.211 e. The second-order valence-electron chi connectivity index (χ2n) is 4.92. The summed E-state index contributed by atoms with van der Waals surface area (Å²) in [5.74, 6) is -0.0101. The lowest BCUT2D eigenvalue weighted by molar-refractivity contribution is 0.577. The van der Waals surface area contributed by atoms with Crippen LogP contribution in [0.25, 0.3) is 0 Å². The third kappa shape index (κ3) is 4.12. The Morgan fingerprint density at radius 3 is 2.48 bits per heavy atom. The second kappa shape index (κ2) is 6.83. The Hall–Kier alpha value is -1.72. The molecule has 0 aliphatic carbocycles. The zero-order valence-corrected chi connectivity index (χ0v) is 13.1. The van der Waals surface area contributed by atoms with Gasteiger partial charge in [0.1, 0.15) is 0 Å². The molecule has 0 saturated carbocycles. The van der Waals surface area contributed by atoms with Gasteiger partial charge < -0.3 is 0 Å². The van der Waals surface area contributed by atoms with Gasteiger partial charge in [0, 0.05) is 24.4 Å². The Morgan fingerprint density at radius 1 is 1.14 bits per heavy atom. The summed E-state index contributed by atoms with van der Waals surface area (Å²) in [5.41, 5.74) is 3.09. The van der Waals surface area contributed by atoms with Gasteiger partial charge in [-0.05, 0) is 37.1 Å². The highest BCUT2D eigenvalue weighted by atomic mass is 32.2. The summed E-state index contributed by atoms with van der Waals surface area (Å²) in [6.07, 6.45) is 1.73. The number of nitrogens with zero attached hydrogens (tertiary/aromatic N) is 1. The fourth-order valence-electron chi connectivity index (χ4n) is 2.25. The zero-order valence-electron chi connectivity index (χ0n) is 12.3. The van der Waals surface area contributed by atoms with Gasteiger partial charge in [0.15, 0.2) is 0 Å². The van der Waals surface area contributed by atoms with Crippen molar-refractivity contribution in [2.45, 2.75) is 19.8 Å². The fraction of sp³-hybridized carbons (Fsp3) is 0.312. The van der Waals surface area contributed by atoms with E-state index in [4.69, 9.17) is 0 Å². The van der Waals surface area contributed by atoms with E-state index in [0.717, 1.165) is 16.8 Å². The number of nitrogens with one attached hydrogen (secondary N) is 1. The number of aryl methyl sites for hydroxylation is 1. The van der Waals surface area contributed by atoms with Gasteiger partial charge in [0.25, 0.3) is 0 Å². The van der Waals surface area contributed by atoms with E-state index in [0.29, 0.717) is 6.54 Å². The standard InChI is InChI=1S/C16H20N2O2S/c1-3-21(19,20)18-12-15(16-10-6-7-11-17-16)14-9-5-4-8-13(14)2/h4-11,15,18H,3,12H2,1-2H3. The molecule has 5 heteroatoms. The SMILES string of the molecule is CCS(=O)(=O)NCC(c1ccccn1)c1ccccc1C. The molecule has 0 aliphatic heterocycles. The summed E-state index contributed by atoms with van der Waals surface area (Å²) >= 11 is 0. The lowest BCUT2D eigenvalue weighted by Gasteiger charge is -2.19. The summed E-state index contributed by atoms with van der Waals surface area (Å²) in [6.45, 7) is 3.98. The van der Waals surface area contributed by atoms with E-state index in [1.807, 2.05) is 49.4 Å². The molecule has 21 heavy (non-hydrogen) atoms. The van der Waals surface area contributed by atoms with Gasteiger partial charge in [0.2, 0.25) is 10.0 Å². The molecule has 1 heterocycles. The molecule has 2 rings (SSSR count). The van der Waals surface area contributed by atoms with Crippen LogP contribution in [0.3, 0.4) is 0 Å². The van der Waals surface area contributed by atoms with Crippen LogP contribution >= 0.6 is 0 Å². The van der Waals surface area contributed by atoms with Crippen LogP contribution in [0.5, 0.6) is 0 Å². The average Bonchev–Trinajstić information content (AvgIpc) is 2.50. The van der Waals surface area contributed by atoms with Crippen molar-refractivity contribution in [3.8, 4) is 0 Å². The van der Waals surface area contributed by atoms with Crippen molar-refractivity contribution in [2.75, 3.05) is 12.3 Å². The van der Waals surface area contributed by atoms with Gasteiger partial charge in [-0.1, -0.05) is 30.3 Å². The Morgan fingerprint density at radius 2 is 1.86 bits per heavy atom. The molecule has 0 spiro atoms. The van der Waals surface area contributed by atoms with Crippen molar-refractivity contribution in [1.82, 2.24) is 9.71 Å². The molecule has 1 atom stereocenters. The van der Waals surface area contributed by atoms with Crippen LogP contribution in [0, 0.1) is 6.92 Å². The summed E-state index contributed by atoms with van der Waals surface area (Å²) in [7, 11) is -3.22. The van der Waals surface area contributed by atoms with E-state index in [2.05, 4.69) is 9.71 Å². The lowest BCUT2D eigenvalue weighted by Crippen LogP contribution is -2.30. The molecule has 112 valence electrons. The maximum atomic E-state index is 11.7. The summed E-state index contributed by atoms with van der Waals surface area (Å²) in [5, 5.41) is 0. The van der Waals surface area contributed by atoms with Crippen LogP contribution in [-0.2, 0) is 10.0 Å². The van der Waals surface area contributed by atoms with Gasteiger partial charge in [-0.3, -0.25) is 4.98 Å². The minimum atomic E-state index is -3.22. The van der Waals surface area contributed by atoms with E-state index >= 15 is 0 Å². The number of pyridine rings is 1. The molecule has 0 fully saturated rings. The number of benzene rings is 1. The molecule has 0 radical (unpaired) electrons. The normalized spacial score (nSPS) is 13.0. The zero-order chi connectivity index (χ0) is 15.3. The predicted octanol–water partition coefficient (Wildman–Crippen LogP) is 2.46. The molecule has 0 bridgehead atoms. The Bertz CT molecular complexity index is 684. The van der Waals surface area contributed by atoms with Crippen molar-refractivity contribution in [3.63, 3.8) is 0 Å². The molecule has 2 aromatic rings. The summed E-state index contributed by atoms with van der Waals surface area (Å²) < 4.78 is 26.1.